The second-order valence-corrected chi connectivity index (χ2v) is 0.685. The maximum absolute atomic E-state index is 9.02. The first-order chi connectivity index (χ1) is 1.91. The van der Waals surface area contributed by atoms with Gasteiger partial charge >= 0.3 is 51.4 Å². The maximum atomic E-state index is 9.02. The minimum absolute atomic E-state index is 0. The largest absolute Gasteiger partial charge is 1.00 e. The van der Waals surface area contributed by atoms with Crippen molar-refractivity contribution in [3.05, 3.63) is 0 Å². The van der Waals surface area contributed by atoms with Crippen LogP contribution in [0.15, 0.2) is 0 Å². The van der Waals surface area contributed by atoms with E-state index in [1.807, 2.05) is 0 Å². The summed E-state index contributed by atoms with van der Waals surface area (Å²) in [7, 11) is 0. The number of carbonyl (C=O) groups is 1. The first kappa shape index (κ1) is 15.7. The summed E-state index contributed by atoms with van der Waals surface area (Å²) in [6, 6.07) is 0. The Morgan fingerprint density at radius 3 is 1.83 bits per heavy atom. The molecular formula is CH2Br2KNO. The van der Waals surface area contributed by atoms with E-state index in [4.69, 9.17) is 4.79 Å². The van der Waals surface area contributed by atoms with Crippen molar-refractivity contribution in [2.75, 3.05) is 0 Å². The Morgan fingerprint density at radius 1 is 1.67 bits per heavy atom. The van der Waals surface area contributed by atoms with Gasteiger partial charge in [0.2, 0.25) is 6.41 Å². The quantitative estimate of drug-likeness (QED) is 0.277. The molecule has 2 nitrogen and oxygen atoms in total. The predicted molar refractivity (Wildman–Crippen MR) is 18.1 cm³/mol. The fourth-order valence-electron chi connectivity index (χ4n) is 0. The van der Waals surface area contributed by atoms with Crippen LogP contribution < -0.4 is 72.7 Å². The zero-order valence-corrected chi connectivity index (χ0v) is 9.54. The Hall–Kier alpha value is 2.07. The molecule has 0 aliphatic heterocycles. The molecule has 1 N–H and O–H groups in total. The predicted octanol–water partition coefficient (Wildman–Crippen LogP) is -5.95. The molecule has 0 aliphatic rings. The van der Waals surface area contributed by atoms with E-state index in [1.54, 1.807) is 0 Å². The molecule has 0 aromatic carbocycles. The van der Waals surface area contributed by atoms with E-state index in [1.165, 1.54) is 0 Å². The molecule has 0 rings (SSSR count). The Bertz CT molecular complexity index is 27.5. The van der Waals surface area contributed by atoms with Crippen molar-refractivity contribution in [2.45, 2.75) is 0 Å². The van der Waals surface area contributed by atoms with Crippen molar-refractivity contribution in [3.63, 3.8) is 0 Å². The van der Waals surface area contributed by atoms with Gasteiger partial charge in [-0.05, 0) is 0 Å². The van der Waals surface area contributed by atoms with Gasteiger partial charge in [0.05, 0.1) is 0 Å². The second kappa shape index (κ2) is 15.7. The molecule has 0 fully saturated rings. The van der Waals surface area contributed by atoms with Crippen molar-refractivity contribution < 1.29 is 73.2 Å². The molecule has 0 heterocycles. The summed E-state index contributed by atoms with van der Waals surface area (Å²) in [5.74, 6) is 0. The minimum Gasteiger partial charge on any atom is -1.00 e. The monoisotopic (exact) mass is 241 g/mol. The molecule has 5 heteroatoms. The van der Waals surface area contributed by atoms with Crippen LogP contribution in [-0.4, -0.2) is 6.41 Å². The summed E-state index contributed by atoms with van der Waals surface area (Å²) in [4.78, 5) is 9.02. The van der Waals surface area contributed by atoms with E-state index < -0.39 is 0 Å². The molecule has 0 atom stereocenters. The average Bonchev–Trinajstić information content (AvgIpc) is 1.37. The van der Waals surface area contributed by atoms with Crippen LogP contribution in [0.2, 0.25) is 0 Å². The summed E-state index contributed by atoms with van der Waals surface area (Å²) < 4.78 is 2.06. The molecule has 0 radical (unpaired) electrons. The fourth-order valence-corrected chi connectivity index (χ4v) is 0. The molecular weight excluding hydrogens is 241 g/mol. The van der Waals surface area contributed by atoms with Crippen LogP contribution in [0.3, 0.4) is 0 Å². The summed E-state index contributed by atoms with van der Waals surface area (Å²) in [5, 5.41) is 0. The van der Waals surface area contributed by atoms with Crippen LogP contribution in [0, 0.1) is 0 Å². The van der Waals surface area contributed by atoms with E-state index in [9.17, 15) is 0 Å². The number of halogens is 2. The van der Waals surface area contributed by atoms with Crippen LogP contribution >= 0.6 is 16.1 Å². The van der Waals surface area contributed by atoms with E-state index in [2.05, 4.69) is 20.5 Å². The molecule has 0 aromatic heterocycles. The SMILES string of the molecule is O=CNBr.[Br-].[K+]. The fraction of sp³-hybridized carbons (Fsp3) is 0. The summed E-state index contributed by atoms with van der Waals surface area (Å²) in [5.41, 5.74) is 0. The number of amides is 1. The van der Waals surface area contributed by atoms with Crippen molar-refractivity contribution in [1.29, 1.82) is 0 Å². The Labute approximate surface area is 98.0 Å². The first-order valence-corrected chi connectivity index (χ1v) is 1.51. The molecule has 0 aromatic rings. The van der Waals surface area contributed by atoms with Gasteiger partial charge in [-0.25, -0.2) is 0 Å². The Balaban J connectivity index is -0.0000000450. The van der Waals surface area contributed by atoms with Crippen LogP contribution in [0.25, 0.3) is 0 Å². The van der Waals surface area contributed by atoms with Gasteiger partial charge in [-0.15, -0.1) is 0 Å². The van der Waals surface area contributed by atoms with Crippen molar-refractivity contribution in [3.8, 4) is 0 Å². The van der Waals surface area contributed by atoms with Crippen molar-refractivity contribution in [1.82, 2.24) is 4.34 Å². The summed E-state index contributed by atoms with van der Waals surface area (Å²) in [6.07, 6.45) is 0.542. The molecule has 0 saturated carbocycles. The minimum atomic E-state index is 0. The molecule has 0 aliphatic carbocycles. The van der Waals surface area contributed by atoms with Crippen LogP contribution in [0.5, 0.6) is 0 Å². The number of carbonyl (C=O) groups excluding carboxylic acids is 1. The third-order valence-electron chi connectivity index (χ3n) is 0.0445. The van der Waals surface area contributed by atoms with Gasteiger partial charge in [0.15, 0.2) is 0 Å². The van der Waals surface area contributed by atoms with E-state index in [-0.39, 0.29) is 68.4 Å². The second-order valence-electron chi connectivity index (χ2n) is 0.227. The zero-order chi connectivity index (χ0) is 3.41. The Morgan fingerprint density at radius 2 is 1.83 bits per heavy atom. The molecule has 1 amide bonds. The Kier molecular flexibility index (Phi) is 41.1. The smallest absolute Gasteiger partial charge is 1.00 e. The number of rotatable bonds is 1. The van der Waals surface area contributed by atoms with Gasteiger partial charge < -0.3 is 17.0 Å². The summed E-state index contributed by atoms with van der Waals surface area (Å²) in [6.45, 7) is 0. The average molecular weight is 243 g/mol. The standard InChI is InChI=1S/CH2BrNO.BrH.K/c2-3-1-4;;/h1H,(H,3,4);1H;/q;;+1/p-1. The molecule has 0 bridgehead atoms. The van der Waals surface area contributed by atoms with Crippen LogP contribution in [0.4, 0.5) is 0 Å². The number of nitrogens with one attached hydrogen (secondary N) is 1. The molecule has 0 saturated heterocycles. The topological polar surface area (TPSA) is 29.1 Å². The molecule has 0 spiro atoms. The first-order valence-electron chi connectivity index (χ1n) is 0.713. The van der Waals surface area contributed by atoms with Crippen LogP contribution in [0.1, 0.15) is 0 Å². The third-order valence-corrected chi connectivity index (χ3v) is 0.231. The normalized spacial score (nSPS) is 3.50. The van der Waals surface area contributed by atoms with Crippen molar-refractivity contribution >= 4 is 22.6 Å². The van der Waals surface area contributed by atoms with Gasteiger partial charge in [-0.2, -0.15) is 0 Å². The van der Waals surface area contributed by atoms with Gasteiger partial charge in [0.25, 0.3) is 0 Å². The van der Waals surface area contributed by atoms with Gasteiger partial charge in [0.1, 0.15) is 0 Å². The molecule has 32 valence electrons. The van der Waals surface area contributed by atoms with Crippen molar-refractivity contribution in [2.24, 2.45) is 0 Å². The number of hydrogen-bond donors (Lipinski definition) is 1. The van der Waals surface area contributed by atoms with Gasteiger partial charge in [0, 0.05) is 16.1 Å². The molecule has 0 unspecified atom stereocenters. The van der Waals surface area contributed by atoms with Crippen LogP contribution in [-0.2, 0) is 4.79 Å². The summed E-state index contributed by atoms with van der Waals surface area (Å²) >= 11 is 2.63. The maximum Gasteiger partial charge on any atom is 1.00 e. The van der Waals surface area contributed by atoms with E-state index in [0.29, 0.717) is 6.41 Å². The molecule has 6 heavy (non-hydrogen) atoms. The number of hydrogen-bond acceptors (Lipinski definition) is 1. The van der Waals surface area contributed by atoms with E-state index in [0.717, 1.165) is 0 Å². The van der Waals surface area contributed by atoms with Gasteiger partial charge in [-0.3, -0.25) is 9.14 Å². The van der Waals surface area contributed by atoms with E-state index >= 15 is 0 Å². The van der Waals surface area contributed by atoms with Gasteiger partial charge in [-0.1, -0.05) is 0 Å². The third kappa shape index (κ3) is 16.6. The zero-order valence-electron chi connectivity index (χ0n) is 3.24.